The summed E-state index contributed by atoms with van der Waals surface area (Å²) in [6, 6.07) is 2.78. The van der Waals surface area contributed by atoms with Crippen LogP contribution in [-0.2, 0) is 4.74 Å². The lowest BCUT2D eigenvalue weighted by Crippen LogP contribution is -2.09. The van der Waals surface area contributed by atoms with E-state index in [-0.39, 0.29) is 17.7 Å². The molecule has 4 heteroatoms. The second-order valence-electron chi connectivity index (χ2n) is 3.07. The summed E-state index contributed by atoms with van der Waals surface area (Å²) in [4.78, 5) is 0. The van der Waals surface area contributed by atoms with Gasteiger partial charge in [0.1, 0.15) is 6.10 Å². The van der Waals surface area contributed by atoms with Gasteiger partial charge in [0.2, 0.25) is 0 Å². The molecule has 0 radical (unpaired) electrons. The molecule has 0 amide bonds. The number of halogens is 2. The van der Waals surface area contributed by atoms with Crippen LogP contribution in [0.2, 0.25) is 0 Å². The predicted octanol–water partition coefficient (Wildman–Crippen LogP) is 1.95. The molecule has 14 heavy (non-hydrogen) atoms. The molecule has 1 N–H and O–H groups in total. The molecule has 0 aromatic heterocycles. The Morgan fingerprint density at radius 2 is 2.00 bits per heavy atom. The minimum atomic E-state index is -1.13. The topological polar surface area (TPSA) is 29.5 Å². The second kappa shape index (κ2) is 4.48. The van der Waals surface area contributed by atoms with Crippen molar-refractivity contribution in [2.24, 2.45) is 0 Å². The van der Waals surface area contributed by atoms with Crippen molar-refractivity contribution < 1.29 is 18.6 Å². The third-order valence-electron chi connectivity index (χ3n) is 1.99. The van der Waals surface area contributed by atoms with Crippen LogP contribution in [0, 0.1) is 18.6 Å². The Hall–Kier alpha value is -1.00. The minimum absolute atomic E-state index is 0.0561. The number of methoxy groups -OCH3 is 1. The lowest BCUT2D eigenvalue weighted by atomic mass is 10.1. The monoisotopic (exact) mass is 202 g/mol. The van der Waals surface area contributed by atoms with Gasteiger partial charge in [-0.15, -0.1) is 0 Å². The van der Waals surface area contributed by atoms with E-state index < -0.39 is 17.7 Å². The van der Waals surface area contributed by atoms with E-state index in [2.05, 4.69) is 4.74 Å². The molecule has 0 saturated carbocycles. The zero-order valence-electron chi connectivity index (χ0n) is 8.05. The lowest BCUT2D eigenvalue weighted by molar-refractivity contribution is 0.0616. The molecule has 0 aliphatic rings. The van der Waals surface area contributed by atoms with Crippen LogP contribution < -0.4 is 0 Å². The fourth-order valence-corrected chi connectivity index (χ4v) is 1.17. The maximum Gasteiger partial charge on any atom is 0.164 e. The van der Waals surface area contributed by atoms with Gasteiger partial charge in [-0.25, -0.2) is 8.78 Å². The van der Waals surface area contributed by atoms with Crippen molar-refractivity contribution in [1.29, 1.82) is 0 Å². The standard InChI is InChI=1S/C10H12F2O2/c1-6-3-4-7(8(13)5-14-2)10(12)9(6)11/h3-4,8,13H,5H2,1-2H3. The van der Waals surface area contributed by atoms with Crippen molar-refractivity contribution in [3.8, 4) is 0 Å². The first-order valence-corrected chi connectivity index (χ1v) is 4.19. The molecule has 1 unspecified atom stereocenters. The first kappa shape index (κ1) is 11.1. The van der Waals surface area contributed by atoms with Crippen molar-refractivity contribution in [1.82, 2.24) is 0 Å². The summed E-state index contributed by atoms with van der Waals surface area (Å²) in [6.07, 6.45) is -1.13. The van der Waals surface area contributed by atoms with Gasteiger partial charge >= 0.3 is 0 Å². The van der Waals surface area contributed by atoms with E-state index >= 15 is 0 Å². The van der Waals surface area contributed by atoms with Gasteiger partial charge in [-0.3, -0.25) is 0 Å². The number of hydrogen-bond acceptors (Lipinski definition) is 2. The van der Waals surface area contributed by atoms with Crippen molar-refractivity contribution in [2.75, 3.05) is 13.7 Å². The molecule has 1 atom stereocenters. The zero-order valence-corrected chi connectivity index (χ0v) is 8.05. The highest BCUT2D eigenvalue weighted by atomic mass is 19.2. The summed E-state index contributed by atoms with van der Waals surface area (Å²) in [5, 5.41) is 9.39. The molecule has 78 valence electrons. The van der Waals surface area contributed by atoms with Crippen molar-refractivity contribution in [3.05, 3.63) is 34.9 Å². The maximum absolute atomic E-state index is 13.2. The number of hydrogen-bond donors (Lipinski definition) is 1. The number of aryl methyl sites for hydroxylation is 1. The quantitative estimate of drug-likeness (QED) is 0.811. The van der Waals surface area contributed by atoms with E-state index in [4.69, 9.17) is 0 Å². The molecule has 0 bridgehead atoms. The van der Waals surface area contributed by atoms with Crippen LogP contribution in [0.4, 0.5) is 8.78 Å². The fraction of sp³-hybridized carbons (Fsp3) is 0.400. The van der Waals surface area contributed by atoms with Crippen LogP contribution >= 0.6 is 0 Å². The highest BCUT2D eigenvalue weighted by Crippen LogP contribution is 2.21. The van der Waals surface area contributed by atoms with Crippen molar-refractivity contribution in [2.45, 2.75) is 13.0 Å². The van der Waals surface area contributed by atoms with Crippen LogP contribution in [0.25, 0.3) is 0 Å². The van der Waals surface area contributed by atoms with Crippen molar-refractivity contribution >= 4 is 0 Å². The van der Waals surface area contributed by atoms with E-state index in [0.29, 0.717) is 0 Å². The first-order valence-electron chi connectivity index (χ1n) is 4.19. The molecule has 0 saturated heterocycles. The Bertz CT molecular complexity index is 326. The normalized spacial score (nSPS) is 12.9. The molecular formula is C10H12F2O2. The van der Waals surface area contributed by atoms with E-state index in [1.165, 1.54) is 26.2 Å². The molecule has 0 spiro atoms. The first-order chi connectivity index (χ1) is 6.57. The molecule has 0 fully saturated rings. The summed E-state index contributed by atoms with van der Waals surface area (Å²) >= 11 is 0. The van der Waals surface area contributed by atoms with Gasteiger partial charge in [-0.1, -0.05) is 12.1 Å². The summed E-state index contributed by atoms with van der Waals surface area (Å²) in [7, 11) is 1.38. The van der Waals surface area contributed by atoms with Crippen LogP contribution in [0.15, 0.2) is 12.1 Å². The molecule has 1 aromatic rings. The van der Waals surface area contributed by atoms with E-state index in [0.717, 1.165) is 0 Å². The van der Waals surface area contributed by atoms with Crippen LogP contribution in [0.3, 0.4) is 0 Å². The number of ether oxygens (including phenoxy) is 1. The summed E-state index contributed by atoms with van der Waals surface area (Å²) in [6.45, 7) is 1.41. The Morgan fingerprint density at radius 3 is 2.57 bits per heavy atom. The van der Waals surface area contributed by atoms with Gasteiger partial charge < -0.3 is 9.84 Å². The Labute approximate surface area is 81.1 Å². The average molecular weight is 202 g/mol. The second-order valence-corrected chi connectivity index (χ2v) is 3.07. The highest BCUT2D eigenvalue weighted by molar-refractivity contribution is 5.27. The van der Waals surface area contributed by atoms with E-state index in [1.807, 2.05) is 0 Å². The molecular weight excluding hydrogens is 190 g/mol. The van der Waals surface area contributed by atoms with Gasteiger partial charge in [-0.05, 0) is 12.5 Å². The van der Waals surface area contributed by atoms with Gasteiger partial charge in [-0.2, -0.15) is 0 Å². The third-order valence-corrected chi connectivity index (χ3v) is 1.99. The zero-order chi connectivity index (χ0) is 10.7. The molecule has 2 nitrogen and oxygen atoms in total. The van der Waals surface area contributed by atoms with Gasteiger partial charge in [0, 0.05) is 12.7 Å². The predicted molar refractivity (Wildman–Crippen MR) is 47.9 cm³/mol. The SMILES string of the molecule is COCC(O)c1ccc(C)c(F)c1F. The molecule has 1 rings (SSSR count). The van der Waals surface area contributed by atoms with Crippen LogP contribution in [0.5, 0.6) is 0 Å². The van der Waals surface area contributed by atoms with Crippen LogP contribution in [-0.4, -0.2) is 18.8 Å². The minimum Gasteiger partial charge on any atom is -0.386 e. The van der Waals surface area contributed by atoms with Crippen LogP contribution in [0.1, 0.15) is 17.2 Å². The van der Waals surface area contributed by atoms with Gasteiger partial charge in [0.15, 0.2) is 11.6 Å². The molecule has 0 aliphatic heterocycles. The summed E-state index contributed by atoms with van der Waals surface area (Å²) in [5.41, 5.74) is 0.144. The number of rotatable bonds is 3. The molecule has 0 aliphatic carbocycles. The number of benzene rings is 1. The largest absolute Gasteiger partial charge is 0.386 e. The Balaban J connectivity index is 3.04. The third kappa shape index (κ3) is 2.08. The summed E-state index contributed by atoms with van der Waals surface area (Å²) in [5.74, 6) is -1.92. The van der Waals surface area contributed by atoms with Crippen molar-refractivity contribution in [3.63, 3.8) is 0 Å². The van der Waals surface area contributed by atoms with Gasteiger partial charge in [0.05, 0.1) is 6.61 Å². The molecule has 1 aromatic carbocycles. The van der Waals surface area contributed by atoms with E-state index in [1.54, 1.807) is 0 Å². The van der Waals surface area contributed by atoms with Gasteiger partial charge in [0.25, 0.3) is 0 Å². The highest BCUT2D eigenvalue weighted by Gasteiger charge is 2.17. The lowest BCUT2D eigenvalue weighted by Gasteiger charge is -2.11. The summed E-state index contributed by atoms with van der Waals surface area (Å²) < 4.78 is 31.0. The Morgan fingerprint density at radius 1 is 1.36 bits per heavy atom. The van der Waals surface area contributed by atoms with E-state index in [9.17, 15) is 13.9 Å². The molecule has 0 heterocycles. The average Bonchev–Trinajstić information content (AvgIpc) is 2.15. The smallest absolute Gasteiger partial charge is 0.164 e. The number of aliphatic hydroxyl groups excluding tert-OH is 1. The Kier molecular flexibility index (Phi) is 3.55. The maximum atomic E-state index is 13.2. The fourth-order valence-electron chi connectivity index (χ4n) is 1.17. The number of aliphatic hydroxyl groups is 1.